The summed E-state index contributed by atoms with van der Waals surface area (Å²) >= 11 is 0. The molecule has 0 aliphatic rings. The highest BCUT2D eigenvalue weighted by molar-refractivity contribution is 5.69. The molecule has 2 rings (SSSR count). The Morgan fingerprint density at radius 2 is 1.63 bits per heavy atom. The van der Waals surface area contributed by atoms with Crippen molar-refractivity contribution in [2.75, 3.05) is 11.9 Å². The second kappa shape index (κ2) is 13.8. The van der Waals surface area contributed by atoms with Gasteiger partial charge in [-0.15, -0.1) is 0 Å². The number of fused-ring (bicyclic) bond motifs is 1. The third-order valence-electron chi connectivity index (χ3n) is 4.12. The number of aromatic amines is 2. The van der Waals surface area contributed by atoms with Crippen LogP contribution in [0.3, 0.4) is 0 Å². The Bertz CT molecular complexity index is 707. The van der Waals surface area contributed by atoms with Crippen molar-refractivity contribution < 1.29 is 9.90 Å². The predicted molar refractivity (Wildman–Crippen MR) is 108 cm³/mol. The van der Waals surface area contributed by atoms with E-state index in [0.29, 0.717) is 17.1 Å². The number of hydrogen-bond acceptors (Lipinski definition) is 5. The van der Waals surface area contributed by atoms with E-state index in [0.717, 1.165) is 19.9 Å². The van der Waals surface area contributed by atoms with Gasteiger partial charge >= 0.3 is 0 Å². The van der Waals surface area contributed by atoms with Gasteiger partial charge in [0, 0.05) is 13.5 Å². The van der Waals surface area contributed by atoms with Crippen molar-refractivity contribution in [3.63, 3.8) is 0 Å². The van der Waals surface area contributed by atoms with Gasteiger partial charge < -0.3 is 15.4 Å². The minimum atomic E-state index is -0.833. The summed E-state index contributed by atoms with van der Waals surface area (Å²) in [6.45, 7) is 4.17. The van der Waals surface area contributed by atoms with E-state index in [4.69, 9.17) is 9.90 Å². The Morgan fingerprint density at radius 3 is 2.22 bits per heavy atom. The monoisotopic (exact) mass is 379 g/mol. The van der Waals surface area contributed by atoms with Crippen LogP contribution in [0.2, 0.25) is 0 Å². The lowest BCUT2D eigenvalue weighted by atomic mass is 10.1. The maximum atomic E-state index is 11.8. The van der Waals surface area contributed by atoms with Gasteiger partial charge in [-0.1, -0.05) is 64.7 Å². The molecule has 4 N–H and O–H groups in total. The molecule has 0 saturated carbocycles. The number of carboxylic acid groups (broad SMARTS) is 1. The van der Waals surface area contributed by atoms with Crippen molar-refractivity contribution in [2.45, 2.75) is 78.1 Å². The first-order valence-corrected chi connectivity index (χ1v) is 9.91. The van der Waals surface area contributed by atoms with Crippen molar-refractivity contribution in [3.05, 3.63) is 16.7 Å². The molecule has 152 valence electrons. The first-order chi connectivity index (χ1) is 13.0. The Morgan fingerprint density at radius 1 is 1.07 bits per heavy atom. The molecule has 2 heterocycles. The molecule has 0 aliphatic carbocycles. The summed E-state index contributed by atoms with van der Waals surface area (Å²) in [5, 5.41) is 10.6. The highest BCUT2D eigenvalue weighted by Gasteiger charge is 2.04. The number of H-pyrrole nitrogens is 2. The molecule has 0 spiro atoms. The lowest BCUT2D eigenvalue weighted by Crippen LogP contribution is -2.14. The van der Waals surface area contributed by atoms with Gasteiger partial charge in [-0.25, -0.2) is 4.98 Å². The summed E-state index contributed by atoms with van der Waals surface area (Å²) in [7, 11) is 0. The average Bonchev–Trinajstić information content (AvgIpc) is 3.08. The smallest absolute Gasteiger partial charge is 0.300 e. The lowest BCUT2D eigenvalue weighted by molar-refractivity contribution is -0.134. The number of hydrogen-bond donors (Lipinski definition) is 4. The molecular formula is C19H33N5O3. The molecule has 0 aromatic carbocycles. The van der Waals surface area contributed by atoms with E-state index in [9.17, 15) is 4.79 Å². The van der Waals surface area contributed by atoms with Gasteiger partial charge in [0.05, 0.1) is 6.33 Å². The zero-order valence-corrected chi connectivity index (χ0v) is 16.5. The van der Waals surface area contributed by atoms with Crippen molar-refractivity contribution >= 4 is 23.1 Å². The molecule has 8 nitrogen and oxygen atoms in total. The number of imidazole rings is 1. The molecule has 2 aromatic rings. The average molecular weight is 380 g/mol. The second-order valence-corrected chi connectivity index (χ2v) is 6.64. The van der Waals surface area contributed by atoms with Crippen LogP contribution in [0.1, 0.15) is 78.1 Å². The maximum absolute atomic E-state index is 11.8. The minimum Gasteiger partial charge on any atom is -0.481 e. The quantitative estimate of drug-likeness (QED) is 0.412. The van der Waals surface area contributed by atoms with Crippen molar-refractivity contribution in [1.29, 1.82) is 0 Å². The van der Waals surface area contributed by atoms with Gasteiger partial charge in [-0.05, 0) is 6.42 Å². The largest absolute Gasteiger partial charge is 0.481 e. The first kappa shape index (κ1) is 22.7. The predicted octanol–water partition coefficient (Wildman–Crippen LogP) is 4.07. The Hall–Kier alpha value is -2.38. The van der Waals surface area contributed by atoms with Gasteiger partial charge in [-0.3, -0.25) is 14.6 Å². The van der Waals surface area contributed by atoms with Crippen LogP contribution in [-0.2, 0) is 4.79 Å². The van der Waals surface area contributed by atoms with E-state index in [-0.39, 0.29) is 5.56 Å². The maximum Gasteiger partial charge on any atom is 0.300 e. The van der Waals surface area contributed by atoms with Crippen LogP contribution < -0.4 is 10.9 Å². The highest BCUT2D eigenvalue weighted by atomic mass is 16.4. The van der Waals surface area contributed by atoms with Crippen LogP contribution in [0.25, 0.3) is 11.2 Å². The summed E-state index contributed by atoms with van der Waals surface area (Å²) in [6.07, 6.45) is 14.7. The summed E-state index contributed by atoms with van der Waals surface area (Å²) in [4.78, 5) is 34.5. The fraction of sp³-hybridized carbons (Fsp3) is 0.684. The van der Waals surface area contributed by atoms with Crippen LogP contribution in [0.15, 0.2) is 11.1 Å². The zero-order valence-electron chi connectivity index (χ0n) is 16.5. The number of nitrogens with one attached hydrogen (secondary N) is 3. The van der Waals surface area contributed by atoms with Crippen molar-refractivity contribution in [1.82, 2.24) is 19.9 Å². The minimum absolute atomic E-state index is 0.182. The van der Waals surface area contributed by atoms with Crippen LogP contribution in [0.5, 0.6) is 0 Å². The van der Waals surface area contributed by atoms with Crippen LogP contribution in [0.4, 0.5) is 5.95 Å². The molecule has 0 radical (unpaired) electrons. The van der Waals surface area contributed by atoms with E-state index in [1.54, 1.807) is 0 Å². The molecular weight excluding hydrogens is 346 g/mol. The molecule has 0 aliphatic heterocycles. The summed E-state index contributed by atoms with van der Waals surface area (Å²) < 4.78 is 0. The molecule has 0 atom stereocenters. The molecule has 0 fully saturated rings. The van der Waals surface area contributed by atoms with E-state index in [1.807, 2.05) is 0 Å². The molecule has 0 amide bonds. The van der Waals surface area contributed by atoms with Crippen molar-refractivity contribution in [2.24, 2.45) is 0 Å². The number of aromatic nitrogens is 4. The Kier molecular flexibility index (Phi) is 11.6. The van der Waals surface area contributed by atoms with Gasteiger partial charge in [0.25, 0.3) is 11.5 Å². The molecule has 27 heavy (non-hydrogen) atoms. The number of aliphatic carboxylic acids is 1. The second-order valence-electron chi connectivity index (χ2n) is 6.64. The Balaban J connectivity index is 0.000000828. The zero-order chi connectivity index (χ0) is 19.9. The SMILES string of the molecule is CC(=O)O.CCCCCCCCCCCCNc1nc2nc[nH]c2c(=O)[nH]1. The first-order valence-electron chi connectivity index (χ1n) is 9.91. The summed E-state index contributed by atoms with van der Waals surface area (Å²) in [5.74, 6) is -0.328. The van der Waals surface area contributed by atoms with E-state index < -0.39 is 5.97 Å². The van der Waals surface area contributed by atoms with Gasteiger partial charge in [0.2, 0.25) is 5.95 Å². The molecule has 0 bridgehead atoms. The third-order valence-corrected chi connectivity index (χ3v) is 4.12. The van der Waals surface area contributed by atoms with Crippen LogP contribution in [0, 0.1) is 0 Å². The molecule has 0 unspecified atom stereocenters. The van der Waals surface area contributed by atoms with Crippen molar-refractivity contribution in [3.8, 4) is 0 Å². The number of carbonyl (C=O) groups is 1. The van der Waals surface area contributed by atoms with Gasteiger partial charge in [-0.2, -0.15) is 4.98 Å². The van der Waals surface area contributed by atoms with Gasteiger partial charge in [0.1, 0.15) is 0 Å². The number of nitrogens with zero attached hydrogens (tertiary/aromatic N) is 2. The normalized spacial score (nSPS) is 10.4. The number of carboxylic acids is 1. The number of unbranched alkanes of at least 4 members (excludes halogenated alkanes) is 9. The lowest BCUT2D eigenvalue weighted by Gasteiger charge is -2.05. The topological polar surface area (TPSA) is 124 Å². The molecule has 8 heteroatoms. The fourth-order valence-corrected chi connectivity index (χ4v) is 2.75. The van der Waals surface area contributed by atoms with E-state index >= 15 is 0 Å². The summed E-state index contributed by atoms with van der Waals surface area (Å²) in [5.41, 5.74) is 0.701. The fourth-order valence-electron chi connectivity index (χ4n) is 2.75. The summed E-state index contributed by atoms with van der Waals surface area (Å²) in [6, 6.07) is 0. The molecule has 2 aromatic heterocycles. The standard InChI is InChI=1S/C17H29N5O.C2H4O2/c1-2-3-4-5-6-7-8-9-10-11-12-18-17-21-15-14(16(23)22-17)19-13-20-15;1-2(3)4/h13H,2-12H2,1H3,(H3,18,19,20,21,22,23);1H3,(H,3,4). The number of rotatable bonds is 12. The van der Waals surface area contributed by atoms with E-state index in [2.05, 4.69) is 32.2 Å². The van der Waals surface area contributed by atoms with Gasteiger partial charge in [0.15, 0.2) is 11.2 Å². The highest BCUT2D eigenvalue weighted by Crippen LogP contribution is 2.10. The van der Waals surface area contributed by atoms with E-state index in [1.165, 1.54) is 64.1 Å². The molecule has 0 saturated heterocycles. The third kappa shape index (κ3) is 10.4. The number of anilines is 1. The van der Waals surface area contributed by atoms with Crippen LogP contribution >= 0.6 is 0 Å². The van der Waals surface area contributed by atoms with Crippen LogP contribution in [-0.4, -0.2) is 37.6 Å². The Labute approximate surface area is 160 Å².